The molecule has 0 bridgehead atoms. The predicted molar refractivity (Wildman–Crippen MR) is 148 cm³/mol. The third-order valence-electron chi connectivity index (χ3n) is 6.20. The van der Waals surface area contributed by atoms with Crippen LogP contribution < -0.4 is 21.0 Å². The van der Waals surface area contributed by atoms with Gasteiger partial charge >= 0.3 is 6.03 Å². The van der Waals surface area contributed by atoms with Gasteiger partial charge in [0.1, 0.15) is 0 Å². The summed E-state index contributed by atoms with van der Waals surface area (Å²) in [5.41, 5.74) is 2.00. The van der Waals surface area contributed by atoms with Crippen molar-refractivity contribution in [3.63, 3.8) is 0 Å². The zero-order chi connectivity index (χ0) is 26.2. The average molecular weight is 544 g/mol. The van der Waals surface area contributed by atoms with Crippen LogP contribution in [0.5, 0.6) is 0 Å². The van der Waals surface area contributed by atoms with Gasteiger partial charge in [0.15, 0.2) is 8.30 Å². The summed E-state index contributed by atoms with van der Waals surface area (Å²) in [4.78, 5) is 34.6. The smallest absolute Gasteiger partial charge is 0.315 e. The average Bonchev–Trinajstić information content (AvgIpc) is 3.44. The number of para-hydroxylation sites is 1. The van der Waals surface area contributed by atoms with Crippen LogP contribution in [0.2, 0.25) is 0 Å². The molecule has 196 valence electrons. The molecule has 2 aliphatic rings. The Kier molecular flexibility index (Phi) is 9.38. The molecule has 10 nitrogen and oxygen atoms in total. The normalized spacial score (nSPS) is 20.9. The highest BCUT2D eigenvalue weighted by atomic mass is 32.2. The van der Waals surface area contributed by atoms with Crippen molar-refractivity contribution in [3.05, 3.63) is 76.6 Å². The van der Waals surface area contributed by atoms with E-state index in [-0.39, 0.29) is 36.3 Å². The highest BCUT2D eigenvalue weighted by Crippen LogP contribution is 2.40. The number of amides is 3. The van der Waals surface area contributed by atoms with Crippen molar-refractivity contribution in [1.29, 1.82) is 0 Å². The zero-order valence-electron chi connectivity index (χ0n) is 20.2. The SMILES string of the molecule is C=CP(Nc1ccc(NC(=O)CCCCC2SCC3NC(=O)NC32)cc1)OCc1ccccc1[N+](=O)[O-]. The molecule has 2 aromatic carbocycles. The molecule has 0 radical (unpaired) electrons. The second-order valence-corrected chi connectivity index (χ2v) is 11.5. The number of thioether (sulfide) groups is 1. The molecule has 4 atom stereocenters. The molecule has 0 aliphatic carbocycles. The first-order valence-corrected chi connectivity index (χ1v) is 14.4. The topological polar surface area (TPSA) is 135 Å². The summed E-state index contributed by atoms with van der Waals surface area (Å²) < 4.78 is 5.82. The van der Waals surface area contributed by atoms with Crippen molar-refractivity contribution in [2.24, 2.45) is 0 Å². The molecule has 4 rings (SSSR count). The van der Waals surface area contributed by atoms with E-state index in [1.54, 1.807) is 24.0 Å². The van der Waals surface area contributed by atoms with Crippen LogP contribution in [0.1, 0.15) is 31.2 Å². The fourth-order valence-electron chi connectivity index (χ4n) is 4.33. The molecule has 2 fully saturated rings. The van der Waals surface area contributed by atoms with Crippen molar-refractivity contribution in [3.8, 4) is 0 Å². The Balaban J connectivity index is 1.17. The van der Waals surface area contributed by atoms with Gasteiger partial charge in [0.05, 0.1) is 29.2 Å². The number of unbranched alkanes of at least 4 members (excludes halogenated alkanes) is 1. The lowest BCUT2D eigenvalue weighted by Gasteiger charge is -2.17. The van der Waals surface area contributed by atoms with E-state index < -0.39 is 13.2 Å². The molecular formula is C25H30N5O5PS. The standard InChI is InChI=1S/C25H30N5O5PS/c1-2-36(35-15-17-7-3-4-8-21(17)30(33)34)29-19-13-11-18(12-14-19)26-23(31)10-6-5-9-22-24-20(16-37-22)27-25(32)28-24/h2-4,7-8,11-14,20,22,24,29H,1,5-6,9-10,15-16H2,(H,26,31)(H2,27,28,32). The highest BCUT2D eigenvalue weighted by molar-refractivity contribution is 8.00. The molecule has 2 saturated heterocycles. The Morgan fingerprint density at radius 2 is 1.95 bits per heavy atom. The molecule has 0 spiro atoms. The summed E-state index contributed by atoms with van der Waals surface area (Å²) in [6, 6.07) is 14.1. The molecule has 4 N–H and O–H groups in total. The summed E-state index contributed by atoms with van der Waals surface area (Å²) >= 11 is 1.88. The number of nitro groups is 1. The third kappa shape index (κ3) is 7.44. The van der Waals surface area contributed by atoms with Gasteiger partial charge in [-0.05, 0) is 49.0 Å². The summed E-state index contributed by atoms with van der Waals surface area (Å²) in [5.74, 6) is 2.55. The number of nitrogens with one attached hydrogen (secondary N) is 4. The van der Waals surface area contributed by atoms with E-state index in [0.717, 1.165) is 30.7 Å². The lowest BCUT2D eigenvalue weighted by Crippen LogP contribution is -2.36. The molecule has 2 aromatic rings. The van der Waals surface area contributed by atoms with Gasteiger partial charge < -0.3 is 25.6 Å². The zero-order valence-corrected chi connectivity index (χ0v) is 21.9. The molecule has 37 heavy (non-hydrogen) atoms. The van der Waals surface area contributed by atoms with Crippen molar-refractivity contribution >= 4 is 49.1 Å². The van der Waals surface area contributed by atoms with Gasteiger partial charge in [0, 0.05) is 34.9 Å². The van der Waals surface area contributed by atoms with E-state index in [0.29, 0.717) is 22.9 Å². The first-order valence-electron chi connectivity index (χ1n) is 12.0. The van der Waals surface area contributed by atoms with Crippen LogP contribution in [0.25, 0.3) is 0 Å². The fraction of sp³-hybridized carbons (Fsp3) is 0.360. The number of carbonyl (C=O) groups excluding carboxylic acids is 2. The lowest BCUT2D eigenvalue weighted by atomic mass is 10.0. The Morgan fingerprint density at radius 3 is 2.70 bits per heavy atom. The third-order valence-corrected chi connectivity index (χ3v) is 8.93. The second-order valence-electron chi connectivity index (χ2n) is 8.77. The van der Waals surface area contributed by atoms with Crippen LogP contribution in [0.15, 0.2) is 60.9 Å². The molecule has 0 aromatic heterocycles. The Hall–Kier alpha value is -3.14. The number of nitrogens with zero attached hydrogens (tertiary/aromatic N) is 1. The molecule has 3 amide bonds. The van der Waals surface area contributed by atoms with Crippen LogP contribution in [0, 0.1) is 10.1 Å². The predicted octanol–water partition coefficient (Wildman–Crippen LogP) is 5.34. The number of hydrogen-bond acceptors (Lipinski definition) is 7. The summed E-state index contributed by atoms with van der Waals surface area (Å²) in [6.45, 7) is 3.88. The van der Waals surface area contributed by atoms with E-state index in [4.69, 9.17) is 4.52 Å². The number of anilines is 2. The van der Waals surface area contributed by atoms with Crippen LogP contribution >= 0.6 is 20.1 Å². The monoisotopic (exact) mass is 543 g/mol. The summed E-state index contributed by atoms with van der Waals surface area (Å²) in [5, 5.41) is 23.7. The molecular weight excluding hydrogens is 513 g/mol. The fourth-order valence-corrected chi connectivity index (χ4v) is 6.82. The van der Waals surface area contributed by atoms with Crippen LogP contribution in [-0.2, 0) is 15.9 Å². The number of benzene rings is 2. The van der Waals surface area contributed by atoms with E-state index in [1.165, 1.54) is 6.07 Å². The highest BCUT2D eigenvalue weighted by Gasteiger charge is 2.42. The first-order chi connectivity index (χ1) is 17.9. The van der Waals surface area contributed by atoms with Crippen LogP contribution in [0.4, 0.5) is 21.9 Å². The van der Waals surface area contributed by atoms with Crippen molar-refractivity contribution in [1.82, 2.24) is 10.6 Å². The molecule has 2 heterocycles. The van der Waals surface area contributed by atoms with Crippen LogP contribution in [0.3, 0.4) is 0 Å². The minimum Gasteiger partial charge on any atom is -0.339 e. The number of rotatable bonds is 13. The van der Waals surface area contributed by atoms with Gasteiger partial charge in [-0.15, -0.1) is 0 Å². The second kappa shape index (κ2) is 12.9. The van der Waals surface area contributed by atoms with Crippen LogP contribution in [-0.4, -0.2) is 39.9 Å². The van der Waals surface area contributed by atoms with E-state index in [2.05, 4.69) is 27.6 Å². The van der Waals surface area contributed by atoms with Gasteiger partial charge in [0.25, 0.3) is 5.69 Å². The molecule has 0 saturated carbocycles. The number of hydrogen-bond donors (Lipinski definition) is 4. The van der Waals surface area contributed by atoms with Gasteiger partial charge in [-0.2, -0.15) is 11.8 Å². The maximum atomic E-state index is 12.4. The Labute approximate surface area is 221 Å². The van der Waals surface area contributed by atoms with Gasteiger partial charge in [-0.3, -0.25) is 14.9 Å². The van der Waals surface area contributed by atoms with Crippen molar-refractivity contribution in [2.75, 3.05) is 16.2 Å². The van der Waals surface area contributed by atoms with E-state index >= 15 is 0 Å². The lowest BCUT2D eigenvalue weighted by molar-refractivity contribution is -0.385. The summed E-state index contributed by atoms with van der Waals surface area (Å²) in [6.07, 6.45) is 3.15. The number of carbonyl (C=O) groups is 2. The first kappa shape index (κ1) is 26.9. The number of urea groups is 1. The summed E-state index contributed by atoms with van der Waals surface area (Å²) in [7, 11) is -1.26. The quantitative estimate of drug-likeness (QED) is 0.0880. The Morgan fingerprint density at radius 1 is 1.19 bits per heavy atom. The molecule has 4 unspecified atom stereocenters. The van der Waals surface area contributed by atoms with Gasteiger partial charge in [0.2, 0.25) is 5.91 Å². The van der Waals surface area contributed by atoms with Crippen molar-refractivity contribution in [2.45, 2.75) is 49.6 Å². The maximum Gasteiger partial charge on any atom is 0.315 e. The number of fused-ring (bicyclic) bond motifs is 1. The van der Waals surface area contributed by atoms with E-state index in [9.17, 15) is 19.7 Å². The Bertz CT molecular complexity index is 1130. The largest absolute Gasteiger partial charge is 0.339 e. The molecule has 2 aliphatic heterocycles. The maximum absolute atomic E-state index is 12.4. The molecule has 12 heteroatoms. The minimum atomic E-state index is -1.26. The number of nitro benzene ring substituents is 1. The van der Waals surface area contributed by atoms with Crippen molar-refractivity contribution < 1.29 is 19.0 Å². The minimum absolute atomic E-state index is 0.0206. The van der Waals surface area contributed by atoms with E-state index in [1.807, 2.05) is 36.0 Å². The van der Waals surface area contributed by atoms with Gasteiger partial charge in [-0.1, -0.05) is 25.1 Å². The van der Waals surface area contributed by atoms with Gasteiger partial charge in [-0.25, -0.2) is 4.79 Å².